The van der Waals surface area contributed by atoms with Gasteiger partial charge in [0.15, 0.2) is 0 Å². The first-order valence-electron chi connectivity index (χ1n) is 7.37. The van der Waals surface area contributed by atoms with Gasteiger partial charge in [-0.25, -0.2) is 0 Å². The lowest BCUT2D eigenvalue weighted by molar-refractivity contribution is 0.489. The van der Waals surface area contributed by atoms with Crippen LogP contribution in [-0.2, 0) is 0 Å². The van der Waals surface area contributed by atoms with E-state index in [4.69, 9.17) is 0 Å². The molecule has 0 amide bonds. The molecule has 100 valence electrons. The number of anilines is 1. The summed E-state index contributed by atoms with van der Waals surface area (Å²) in [6.45, 7) is 2.31. The molecule has 2 aromatic rings. The summed E-state index contributed by atoms with van der Waals surface area (Å²) in [7, 11) is 0. The lowest BCUT2D eigenvalue weighted by atomic mass is 10.0. The predicted octanol–water partition coefficient (Wildman–Crippen LogP) is 4.47. The SMILES string of the molecule is CCC1CCCC1Nc1cccc(-n2cccc2)c1. The first-order chi connectivity index (χ1) is 9.36. The number of nitrogens with one attached hydrogen (secondary N) is 1. The van der Waals surface area contributed by atoms with Crippen LogP contribution in [0.2, 0.25) is 0 Å². The van der Waals surface area contributed by atoms with Crippen molar-refractivity contribution in [3.63, 3.8) is 0 Å². The Morgan fingerprint density at radius 2 is 2.00 bits per heavy atom. The van der Waals surface area contributed by atoms with E-state index in [1.807, 2.05) is 0 Å². The van der Waals surface area contributed by atoms with Gasteiger partial charge in [-0.1, -0.05) is 25.8 Å². The van der Waals surface area contributed by atoms with E-state index in [9.17, 15) is 0 Å². The number of benzene rings is 1. The van der Waals surface area contributed by atoms with E-state index in [-0.39, 0.29) is 0 Å². The number of rotatable bonds is 4. The molecule has 1 aliphatic carbocycles. The molecule has 0 radical (unpaired) electrons. The molecule has 0 spiro atoms. The van der Waals surface area contributed by atoms with Crippen LogP contribution in [0.4, 0.5) is 5.69 Å². The summed E-state index contributed by atoms with van der Waals surface area (Å²) in [5.41, 5.74) is 2.47. The first kappa shape index (κ1) is 12.3. The fourth-order valence-corrected chi connectivity index (χ4v) is 3.19. The summed E-state index contributed by atoms with van der Waals surface area (Å²) in [5.74, 6) is 0.843. The average molecular weight is 254 g/mol. The zero-order chi connectivity index (χ0) is 13.1. The molecule has 1 N–H and O–H groups in total. The van der Waals surface area contributed by atoms with Crippen LogP contribution < -0.4 is 5.32 Å². The molecular formula is C17H22N2. The van der Waals surface area contributed by atoms with Gasteiger partial charge in [-0.15, -0.1) is 0 Å². The van der Waals surface area contributed by atoms with Crippen LogP contribution in [0.3, 0.4) is 0 Å². The van der Waals surface area contributed by atoms with Gasteiger partial charge in [0.05, 0.1) is 0 Å². The molecule has 1 aliphatic rings. The second kappa shape index (κ2) is 5.52. The Hall–Kier alpha value is -1.70. The number of aromatic nitrogens is 1. The summed E-state index contributed by atoms with van der Waals surface area (Å²) in [5, 5.41) is 3.73. The van der Waals surface area contributed by atoms with Crippen LogP contribution in [-0.4, -0.2) is 10.6 Å². The van der Waals surface area contributed by atoms with Crippen molar-refractivity contribution < 1.29 is 0 Å². The highest BCUT2D eigenvalue weighted by Gasteiger charge is 2.25. The number of hydrogen-bond acceptors (Lipinski definition) is 1. The van der Waals surface area contributed by atoms with E-state index in [0.29, 0.717) is 6.04 Å². The number of nitrogens with zero attached hydrogens (tertiary/aromatic N) is 1. The largest absolute Gasteiger partial charge is 0.382 e. The summed E-state index contributed by atoms with van der Waals surface area (Å²) in [6, 6.07) is 13.5. The molecule has 1 aromatic carbocycles. The summed E-state index contributed by atoms with van der Waals surface area (Å²) >= 11 is 0. The Labute approximate surface area is 115 Å². The van der Waals surface area contributed by atoms with Crippen LogP contribution in [0.1, 0.15) is 32.6 Å². The minimum absolute atomic E-state index is 0.657. The molecular weight excluding hydrogens is 232 g/mol. The second-order valence-electron chi connectivity index (χ2n) is 5.49. The van der Waals surface area contributed by atoms with Gasteiger partial charge >= 0.3 is 0 Å². The third-order valence-electron chi connectivity index (χ3n) is 4.28. The Morgan fingerprint density at radius 1 is 1.16 bits per heavy atom. The molecule has 3 rings (SSSR count). The van der Waals surface area contributed by atoms with Gasteiger partial charge in [-0.05, 0) is 49.1 Å². The molecule has 1 fully saturated rings. The Morgan fingerprint density at radius 3 is 2.79 bits per heavy atom. The van der Waals surface area contributed by atoms with Crippen molar-refractivity contribution in [2.75, 3.05) is 5.32 Å². The highest BCUT2D eigenvalue weighted by atomic mass is 15.0. The zero-order valence-corrected chi connectivity index (χ0v) is 11.5. The predicted molar refractivity (Wildman–Crippen MR) is 80.8 cm³/mol. The standard InChI is InChI=1S/C17H22N2/c1-2-14-7-5-10-17(14)18-15-8-6-9-16(13-15)19-11-3-4-12-19/h3-4,6,8-9,11-14,17-18H,2,5,7,10H2,1H3. The zero-order valence-electron chi connectivity index (χ0n) is 11.5. The highest BCUT2D eigenvalue weighted by molar-refractivity contribution is 5.52. The minimum Gasteiger partial charge on any atom is -0.382 e. The van der Waals surface area contributed by atoms with Gasteiger partial charge in [0.1, 0.15) is 0 Å². The van der Waals surface area contributed by atoms with E-state index >= 15 is 0 Å². The van der Waals surface area contributed by atoms with Crippen LogP contribution in [0.5, 0.6) is 0 Å². The topological polar surface area (TPSA) is 17.0 Å². The fraction of sp³-hybridized carbons (Fsp3) is 0.412. The van der Waals surface area contributed by atoms with Crippen LogP contribution >= 0.6 is 0 Å². The Balaban J connectivity index is 1.76. The maximum Gasteiger partial charge on any atom is 0.0469 e. The Kier molecular flexibility index (Phi) is 3.58. The van der Waals surface area contributed by atoms with Gasteiger partial charge in [0.25, 0.3) is 0 Å². The monoisotopic (exact) mass is 254 g/mol. The van der Waals surface area contributed by atoms with Gasteiger partial charge in [0.2, 0.25) is 0 Å². The van der Waals surface area contributed by atoms with E-state index in [1.165, 1.54) is 37.1 Å². The quantitative estimate of drug-likeness (QED) is 0.852. The molecule has 2 unspecified atom stereocenters. The van der Waals surface area contributed by atoms with Gasteiger partial charge in [-0.3, -0.25) is 0 Å². The molecule has 0 aliphatic heterocycles. The normalized spacial score (nSPS) is 22.6. The fourth-order valence-electron chi connectivity index (χ4n) is 3.19. The van der Waals surface area contributed by atoms with Crippen molar-refractivity contribution in [1.29, 1.82) is 0 Å². The third-order valence-corrected chi connectivity index (χ3v) is 4.28. The van der Waals surface area contributed by atoms with E-state index in [1.54, 1.807) is 0 Å². The van der Waals surface area contributed by atoms with Crippen molar-refractivity contribution in [1.82, 2.24) is 4.57 Å². The molecule has 0 bridgehead atoms. The summed E-state index contributed by atoms with van der Waals surface area (Å²) in [6.07, 6.45) is 9.52. The molecule has 1 heterocycles. The number of hydrogen-bond donors (Lipinski definition) is 1. The maximum atomic E-state index is 3.73. The minimum atomic E-state index is 0.657. The van der Waals surface area contributed by atoms with Crippen molar-refractivity contribution in [3.8, 4) is 5.69 Å². The molecule has 2 atom stereocenters. The van der Waals surface area contributed by atoms with Crippen molar-refractivity contribution >= 4 is 5.69 Å². The molecule has 1 saturated carbocycles. The Bertz CT molecular complexity index is 516. The van der Waals surface area contributed by atoms with E-state index < -0.39 is 0 Å². The van der Waals surface area contributed by atoms with Crippen LogP contribution in [0.25, 0.3) is 5.69 Å². The van der Waals surface area contributed by atoms with E-state index in [2.05, 4.69) is 65.6 Å². The highest BCUT2D eigenvalue weighted by Crippen LogP contribution is 2.31. The molecule has 0 saturated heterocycles. The van der Waals surface area contributed by atoms with Crippen LogP contribution in [0.15, 0.2) is 48.8 Å². The third kappa shape index (κ3) is 2.67. The van der Waals surface area contributed by atoms with Crippen LogP contribution in [0, 0.1) is 5.92 Å². The second-order valence-corrected chi connectivity index (χ2v) is 5.49. The van der Waals surface area contributed by atoms with Gasteiger partial charge < -0.3 is 9.88 Å². The lowest BCUT2D eigenvalue weighted by Gasteiger charge is -2.21. The molecule has 1 aromatic heterocycles. The summed E-state index contributed by atoms with van der Waals surface area (Å²) < 4.78 is 2.15. The molecule has 2 heteroatoms. The van der Waals surface area contributed by atoms with Gasteiger partial charge in [-0.2, -0.15) is 0 Å². The molecule has 2 nitrogen and oxygen atoms in total. The smallest absolute Gasteiger partial charge is 0.0469 e. The van der Waals surface area contributed by atoms with Crippen molar-refractivity contribution in [3.05, 3.63) is 48.8 Å². The average Bonchev–Trinajstić information content (AvgIpc) is 3.10. The molecule has 19 heavy (non-hydrogen) atoms. The maximum absolute atomic E-state index is 3.73. The first-order valence-corrected chi connectivity index (χ1v) is 7.37. The van der Waals surface area contributed by atoms with Crippen molar-refractivity contribution in [2.24, 2.45) is 5.92 Å². The van der Waals surface area contributed by atoms with Crippen molar-refractivity contribution in [2.45, 2.75) is 38.6 Å². The lowest BCUT2D eigenvalue weighted by Crippen LogP contribution is -2.23. The summed E-state index contributed by atoms with van der Waals surface area (Å²) in [4.78, 5) is 0. The van der Waals surface area contributed by atoms with E-state index in [0.717, 1.165) is 5.92 Å². The van der Waals surface area contributed by atoms with Gasteiger partial charge in [0, 0.05) is 29.8 Å².